The summed E-state index contributed by atoms with van der Waals surface area (Å²) in [6.45, 7) is 1.92. The molecule has 2 heterocycles. The van der Waals surface area contributed by atoms with E-state index in [2.05, 4.69) is 15.3 Å². The van der Waals surface area contributed by atoms with Crippen LogP contribution in [0.3, 0.4) is 0 Å². The smallest absolute Gasteiger partial charge is 0.227 e. The standard InChI is InChI=1S/C20H22N4O4S/c1-4-12-7-18(29(3,26)27)21-10-17(12)28-14-8-15(23-20(25)13-5-6-13)19-16(9-14)24(2)11-22-19/h7-11,13H,4-6H2,1-3H3,(H,23,25). The molecule has 9 heteroatoms. The van der Waals surface area contributed by atoms with E-state index in [0.29, 0.717) is 29.1 Å². The lowest BCUT2D eigenvalue weighted by Gasteiger charge is -2.13. The minimum atomic E-state index is -3.40. The van der Waals surface area contributed by atoms with Crippen LogP contribution in [0, 0.1) is 5.92 Å². The highest BCUT2D eigenvalue weighted by molar-refractivity contribution is 7.90. The third kappa shape index (κ3) is 3.95. The van der Waals surface area contributed by atoms with Gasteiger partial charge < -0.3 is 14.6 Å². The number of imidazole rings is 1. The first-order chi connectivity index (χ1) is 13.8. The molecule has 0 unspecified atom stereocenters. The Morgan fingerprint density at radius 1 is 1.28 bits per heavy atom. The Labute approximate surface area is 168 Å². The van der Waals surface area contributed by atoms with Crippen molar-refractivity contribution in [3.8, 4) is 11.5 Å². The van der Waals surface area contributed by atoms with Crippen molar-refractivity contribution in [2.24, 2.45) is 13.0 Å². The normalized spacial score (nSPS) is 14.2. The molecule has 0 spiro atoms. The Bertz CT molecular complexity index is 1210. The van der Waals surface area contributed by atoms with Gasteiger partial charge in [0.25, 0.3) is 0 Å². The molecule has 2 aromatic heterocycles. The van der Waals surface area contributed by atoms with E-state index in [9.17, 15) is 13.2 Å². The summed E-state index contributed by atoms with van der Waals surface area (Å²) in [6.07, 6.45) is 6.63. The molecule has 8 nitrogen and oxygen atoms in total. The van der Waals surface area contributed by atoms with E-state index in [-0.39, 0.29) is 16.9 Å². The van der Waals surface area contributed by atoms with Crippen molar-refractivity contribution in [3.05, 3.63) is 36.3 Å². The zero-order chi connectivity index (χ0) is 20.8. The highest BCUT2D eigenvalue weighted by Crippen LogP contribution is 2.35. The maximum atomic E-state index is 12.3. The molecule has 1 saturated carbocycles. The van der Waals surface area contributed by atoms with Crippen molar-refractivity contribution in [2.45, 2.75) is 31.2 Å². The number of sulfone groups is 1. The number of fused-ring (bicyclic) bond motifs is 1. The minimum absolute atomic E-state index is 0.0116. The number of rotatable bonds is 6. The Morgan fingerprint density at radius 3 is 2.69 bits per heavy atom. The predicted molar refractivity (Wildman–Crippen MR) is 109 cm³/mol. The second-order valence-corrected chi connectivity index (χ2v) is 9.28. The van der Waals surface area contributed by atoms with E-state index in [4.69, 9.17) is 4.74 Å². The summed E-state index contributed by atoms with van der Waals surface area (Å²) in [4.78, 5) is 20.7. The van der Waals surface area contributed by atoms with E-state index < -0.39 is 9.84 Å². The second-order valence-electron chi connectivity index (χ2n) is 7.32. The van der Waals surface area contributed by atoms with Crippen molar-refractivity contribution < 1.29 is 17.9 Å². The number of pyridine rings is 1. The van der Waals surface area contributed by atoms with Crippen molar-refractivity contribution >= 4 is 32.5 Å². The average Bonchev–Trinajstić information content (AvgIpc) is 3.45. The van der Waals surface area contributed by atoms with Gasteiger partial charge in [0.1, 0.15) is 17.0 Å². The van der Waals surface area contributed by atoms with Crippen LogP contribution in [-0.2, 0) is 28.1 Å². The molecular formula is C20H22N4O4S. The Kier molecular flexibility index (Phi) is 4.77. The molecule has 0 aliphatic heterocycles. The van der Waals surface area contributed by atoms with Crippen LogP contribution in [0.25, 0.3) is 11.0 Å². The lowest BCUT2D eigenvalue weighted by atomic mass is 10.2. The number of aromatic nitrogens is 3. The summed E-state index contributed by atoms with van der Waals surface area (Å²) >= 11 is 0. The van der Waals surface area contributed by atoms with Gasteiger partial charge in [0.15, 0.2) is 14.9 Å². The summed E-state index contributed by atoms with van der Waals surface area (Å²) < 4.78 is 31.5. The third-order valence-corrected chi connectivity index (χ3v) is 5.90. The number of benzene rings is 1. The van der Waals surface area contributed by atoms with Gasteiger partial charge in [-0.25, -0.2) is 18.4 Å². The van der Waals surface area contributed by atoms with Gasteiger partial charge in [0, 0.05) is 31.4 Å². The maximum Gasteiger partial charge on any atom is 0.227 e. The molecule has 0 bridgehead atoms. The van der Waals surface area contributed by atoms with Gasteiger partial charge in [-0.1, -0.05) is 6.92 Å². The summed E-state index contributed by atoms with van der Waals surface area (Å²) in [5.41, 5.74) is 2.82. The zero-order valence-corrected chi connectivity index (χ0v) is 17.3. The van der Waals surface area contributed by atoms with Gasteiger partial charge in [0.05, 0.1) is 23.7 Å². The third-order valence-electron chi connectivity index (χ3n) is 4.92. The first kappa shape index (κ1) is 19.4. The number of aryl methyl sites for hydroxylation is 2. The Morgan fingerprint density at radius 2 is 2.03 bits per heavy atom. The van der Waals surface area contributed by atoms with E-state index in [0.717, 1.165) is 30.2 Å². The zero-order valence-electron chi connectivity index (χ0n) is 16.5. The molecule has 1 amide bonds. The highest BCUT2D eigenvalue weighted by Gasteiger charge is 2.30. The van der Waals surface area contributed by atoms with Gasteiger partial charge in [-0.2, -0.15) is 0 Å². The minimum Gasteiger partial charge on any atom is -0.455 e. The van der Waals surface area contributed by atoms with E-state index in [1.807, 2.05) is 24.6 Å². The van der Waals surface area contributed by atoms with Gasteiger partial charge >= 0.3 is 0 Å². The number of carbonyl (C=O) groups is 1. The lowest BCUT2D eigenvalue weighted by Crippen LogP contribution is -2.13. The number of nitrogens with zero attached hydrogens (tertiary/aromatic N) is 3. The topological polar surface area (TPSA) is 103 Å². The number of nitrogens with one attached hydrogen (secondary N) is 1. The van der Waals surface area contributed by atoms with E-state index >= 15 is 0 Å². The molecule has 1 aliphatic rings. The van der Waals surface area contributed by atoms with Gasteiger partial charge in [-0.15, -0.1) is 0 Å². The van der Waals surface area contributed by atoms with Crippen LogP contribution < -0.4 is 10.1 Å². The van der Waals surface area contributed by atoms with Crippen LogP contribution in [0.1, 0.15) is 25.3 Å². The number of anilines is 1. The molecule has 1 aliphatic carbocycles. The first-order valence-corrected chi connectivity index (χ1v) is 11.3. The fraction of sp³-hybridized carbons (Fsp3) is 0.350. The number of hydrogen-bond donors (Lipinski definition) is 1. The van der Waals surface area contributed by atoms with Gasteiger partial charge in [0.2, 0.25) is 5.91 Å². The van der Waals surface area contributed by atoms with Crippen LogP contribution in [0.15, 0.2) is 35.7 Å². The average molecular weight is 414 g/mol. The largest absolute Gasteiger partial charge is 0.455 e. The second kappa shape index (κ2) is 7.14. The SMILES string of the molecule is CCc1cc(S(C)(=O)=O)ncc1Oc1cc(NC(=O)C2CC2)c2ncn(C)c2c1. The van der Waals surface area contributed by atoms with Crippen molar-refractivity contribution in [1.82, 2.24) is 14.5 Å². The summed E-state index contributed by atoms with van der Waals surface area (Å²) in [5.74, 6) is 1.04. The monoisotopic (exact) mass is 414 g/mol. The van der Waals surface area contributed by atoms with E-state index in [1.165, 1.54) is 12.3 Å². The predicted octanol–water partition coefficient (Wildman–Crippen LogP) is 3.08. The summed E-state index contributed by atoms with van der Waals surface area (Å²) in [5, 5.41) is 2.97. The van der Waals surface area contributed by atoms with Crippen LogP contribution in [-0.4, -0.2) is 35.1 Å². The van der Waals surface area contributed by atoms with Crippen molar-refractivity contribution in [2.75, 3.05) is 11.6 Å². The van der Waals surface area contributed by atoms with Crippen LogP contribution >= 0.6 is 0 Å². The molecule has 152 valence electrons. The summed E-state index contributed by atoms with van der Waals surface area (Å²) in [6, 6.07) is 5.10. The number of carbonyl (C=O) groups excluding carboxylic acids is 1. The molecule has 0 radical (unpaired) electrons. The molecule has 29 heavy (non-hydrogen) atoms. The molecule has 4 rings (SSSR count). The highest BCUT2D eigenvalue weighted by atomic mass is 32.2. The van der Waals surface area contributed by atoms with Crippen LogP contribution in [0.5, 0.6) is 11.5 Å². The molecule has 0 saturated heterocycles. The Hall–Kier alpha value is -2.94. The number of hydrogen-bond acceptors (Lipinski definition) is 6. The number of amides is 1. The van der Waals surface area contributed by atoms with Gasteiger partial charge in [-0.05, 0) is 30.9 Å². The van der Waals surface area contributed by atoms with Gasteiger partial charge in [-0.3, -0.25) is 4.79 Å². The maximum absolute atomic E-state index is 12.3. The fourth-order valence-corrected chi connectivity index (χ4v) is 3.70. The first-order valence-electron chi connectivity index (χ1n) is 9.39. The van der Waals surface area contributed by atoms with Crippen molar-refractivity contribution in [1.29, 1.82) is 0 Å². The molecule has 1 N–H and O–H groups in total. The fourth-order valence-electron chi connectivity index (χ4n) is 3.10. The molecule has 1 fully saturated rings. The molecule has 3 aromatic rings. The van der Waals surface area contributed by atoms with Crippen molar-refractivity contribution in [3.63, 3.8) is 0 Å². The molecule has 1 aromatic carbocycles. The lowest BCUT2D eigenvalue weighted by molar-refractivity contribution is -0.117. The summed E-state index contributed by atoms with van der Waals surface area (Å²) in [7, 11) is -1.53. The van der Waals surface area contributed by atoms with Crippen LogP contribution in [0.2, 0.25) is 0 Å². The number of ether oxygens (including phenoxy) is 1. The quantitative estimate of drug-likeness (QED) is 0.665. The molecule has 0 atom stereocenters. The Balaban J connectivity index is 1.72. The molecular weight excluding hydrogens is 392 g/mol. The van der Waals surface area contributed by atoms with Crippen LogP contribution in [0.4, 0.5) is 5.69 Å². The van der Waals surface area contributed by atoms with E-state index in [1.54, 1.807) is 12.4 Å².